The molecule has 1 heterocycles. The summed E-state index contributed by atoms with van der Waals surface area (Å²) in [5.41, 5.74) is 2.66. The molecule has 6 heteroatoms. The molecular formula is C20H29N3O3. The highest BCUT2D eigenvalue weighted by molar-refractivity contribution is 5.96. The number of piperazine rings is 1. The van der Waals surface area contributed by atoms with Gasteiger partial charge in [0.25, 0.3) is 5.91 Å². The van der Waals surface area contributed by atoms with Gasteiger partial charge in [0.15, 0.2) is 0 Å². The lowest BCUT2D eigenvalue weighted by atomic mass is 10.0. The fraction of sp³-hybridized carbons (Fsp3) is 0.600. The van der Waals surface area contributed by atoms with Gasteiger partial charge in [0.1, 0.15) is 5.75 Å². The number of benzene rings is 1. The lowest BCUT2D eigenvalue weighted by Crippen LogP contribution is -2.54. The summed E-state index contributed by atoms with van der Waals surface area (Å²) in [5.74, 6) is 0.830. The highest BCUT2D eigenvalue weighted by Gasteiger charge is 2.27. The van der Waals surface area contributed by atoms with E-state index in [9.17, 15) is 9.59 Å². The van der Waals surface area contributed by atoms with Crippen LogP contribution in [0.5, 0.6) is 5.75 Å². The first-order chi connectivity index (χ1) is 12.5. The third-order valence-corrected chi connectivity index (χ3v) is 5.72. The summed E-state index contributed by atoms with van der Waals surface area (Å²) >= 11 is 0. The van der Waals surface area contributed by atoms with Crippen molar-refractivity contribution in [2.45, 2.75) is 45.6 Å². The van der Waals surface area contributed by atoms with E-state index in [2.05, 4.69) is 5.32 Å². The Kier molecular flexibility index (Phi) is 5.69. The van der Waals surface area contributed by atoms with E-state index in [1.807, 2.05) is 35.8 Å². The zero-order valence-corrected chi connectivity index (χ0v) is 16.0. The first-order valence-electron chi connectivity index (χ1n) is 9.50. The van der Waals surface area contributed by atoms with E-state index in [1.54, 1.807) is 7.11 Å². The van der Waals surface area contributed by atoms with E-state index in [4.69, 9.17) is 4.74 Å². The molecule has 0 spiro atoms. The molecule has 3 amide bonds. The Labute approximate surface area is 155 Å². The molecule has 1 aliphatic carbocycles. The van der Waals surface area contributed by atoms with Crippen LogP contribution in [0.25, 0.3) is 0 Å². The molecular weight excluding hydrogens is 330 g/mol. The van der Waals surface area contributed by atoms with Crippen molar-refractivity contribution in [1.82, 2.24) is 15.1 Å². The minimum Gasteiger partial charge on any atom is -0.496 e. The van der Waals surface area contributed by atoms with E-state index >= 15 is 0 Å². The van der Waals surface area contributed by atoms with Crippen LogP contribution in [0.15, 0.2) is 12.1 Å². The second kappa shape index (κ2) is 7.98. The van der Waals surface area contributed by atoms with Gasteiger partial charge >= 0.3 is 6.03 Å². The van der Waals surface area contributed by atoms with Crippen LogP contribution in [-0.2, 0) is 0 Å². The van der Waals surface area contributed by atoms with Crippen molar-refractivity contribution >= 4 is 11.9 Å². The molecule has 1 aliphatic heterocycles. The number of urea groups is 1. The molecule has 0 unspecified atom stereocenters. The molecule has 0 radical (unpaired) electrons. The largest absolute Gasteiger partial charge is 0.496 e. The Bertz CT molecular complexity index is 675. The number of carbonyl (C=O) groups excluding carboxylic acids is 2. The van der Waals surface area contributed by atoms with Crippen LogP contribution < -0.4 is 10.1 Å². The van der Waals surface area contributed by atoms with Crippen LogP contribution in [0, 0.1) is 13.8 Å². The Morgan fingerprint density at radius 2 is 1.62 bits per heavy atom. The fourth-order valence-corrected chi connectivity index (χ4v) is 3.87. The Hall–Kier alpha value is -2.24. The predicted octanol–water partition coefficient (Wildman–Crippen LogP) is 2.72. The summed E-state index contributed by atoms with van der Waals surface area (Å²) in [6, 6.07) is 4.02. The molecule has 3 rings (SSSR count). The number of nitrogens with one attached hydrogen (secondary N) is 1. The maximum atomic E-state index is 12.9. The molecule has 6 nitrogen and oxygen atoms in total. The van der Waals surface area contributed by atoms with Crippen LogP contribution in [0.4, 0.5) is 4.79 Å². The molecule has 1 aromatic carbocycles. The van der Waals surface area contributed by atoms with E-state index in [-0.39, 0.29) is 11.9 Å². The molecule has 0 bridgehead atoms. The summed E-state index contributed by atoms with van der Waals surface area (Å²) in [4.78, 5) is 28.9. The zero-order chi connectivity index (χ0) is 18.7. The Morgan fingerprint density at radius 1 is 1.00 bits per heavy atom. The average molecular weight is 359 g/mol. The van der Waals surface area contributed by atoms with Gasteiger partial charge in [-0.25, -0.2) is 4.79 Å². The number of ether oxygens (including phenoxy) is 1. The van der Waals surface area contributed by atoms with Gasteiger partial charge in [-0.2, -0.15) is 0 Å². The normalized spacial score (nSPS) is 18.1. The average Bonchev–Trinajstić information content (AvgIpc) is 3.16. The number of rotatable bonds is 3. The highest BCUT2D eigenvalue weighted by atomic mass is 16.5. The number of hydrogen-bond acceptors (Lipinski definition) is 3. The van der Waals surface area contributed by atoms with Crippen LogP contribution >= 0.6 is 0 Å². The summed E-state index contributed by atoms with van der Waals surface area (Å²) in [6.45, 7) is 6.23. The topological polar surface area (TPSA) is 61.9 Å². The summed E-state index contributed by atoms with van der Waals surface area (Å²) in [6.07, 6.45) is 4.57. The summed E-state index contributed by atoms with van der Waals surface area (Å²) in [5, 5.41) is 3.12. The molecule has 2 fully saturated rings. The van der Waals surface area contributed by atoms with Crippen LogP contribution in [-0.4, -0.2) is 61.1 Å². The third-order valence-electron chi connectivity index (χ3n) is 5.72. The van der Waals surface area contributed by atoms with E-state index in [1.165, 1.54) is 12.8 Å². The molecule has 26 heavy (non-hydrogen) atoms. The fourth-order valence-electron chi connectivity index (χ4n) is 3.87. The molecule has 1 saturated carbocycles. The van der Waals surface area contributed by atoms with Gasteiger partial charge in [0.05, 0.1) is 7.11 Å². The lowest BCUT2D eigenvalue weighted by Gasteiger charge is -2.35. The van der Waals surface area contributed by atoms with Crippen molar-refractivity contribution in [2.75, 3.05) is 33.3 Å². The van der Waals surface area contributed by atoms with Crippen LogP contribution in [0.1, 0.15) is 47.2 Å². The molecule has 0 aromatic heterocycles. The van der Waals surface area contributed by atoms with Crippen molar-refractivity contribution in [2.24, 2.45) is 0 Å². The monoisotopic (exact) mass is 359 g/mol. The van der Waals surface area contributed by atoms with Gasteiger partial charge in [-0.3, -0.25) is 4.79 Å². The SMILES string of the molecule is COc1ccc(C(=O)N2CCN(C(=O)NC3CCCC3)CC2)c(C)c1C. The molecule has 2 aliphatic rings. The minimum absolute atomic E-state index is 0.0143. The maximum Gasteiger partial charge on any atom is 0.317 e. The first kappa shape index (κ1) is 18.5. The number of carbonyl (C=O) groups is 2. The summed E-state index contributed by atoms with van der Waals surface area (Å²) in [7, 11) is 1.64. The number of amides is 3. The minimum atomic E-state index is 0.0143. The quantitative estimate of drug-likeness (QED) is 0.903. The van der Waals surface area contributed by atoms with Crippen molar-refractivity contribution in [1.29, 1.82) is 0 Å². The van der Waals surface area contributed by atoms with Crippen molar-refractivity contribution in [3.8, 4) is 5.75 Å². The summed E-state index contributed by atoms with van der Waals surface area (Å²) < 4.78 is 5.32. The van der Waals surface area contributed by atoms with Gasteiger partial charge in [-0.15, -0.1) is 0 Å². The molecule has 142 valence electrons. The Morgan fingerprint density at radius 3 is 2.23 bits per heavy atom. The Balaban J connectivity index is 1.58. The number of nitrogens with zero attached hydrogens (tertiary/aromatic N) is 2. The second-order valence-electron chi connectivity index (χ2n) is 7.28. The van der Waals surface area contributed by atoms with E-state index in [0.29, 0.717) is 37.8 Å². The second-order valence-corrected chi connectivity index (χ2v) is 7.28. The van der Waals surface area contributed by atoms with Crippen LogP contribution in [0.3, 0.4) is 0 Å². The van der Waals surface area contributed by atoms with E-state index < -0.39 is 0 Å². The van der Waals surface area contributed by atoms with Crippen LogP contribution in [0.2, 0.25) is 0 Å². The first-order valence-corrected chi connectivity index (χ1v) is 9.50. The van der Waals surface area contributed by atoms with Gasteiger partial charge < -0.3 is 19.9 Å². The lowest BCUT2D eigenvalue weighted by molar-refractivity contribution is 0.0662. The molecule has 1 aromatic rings. The van der Waals surface area contributed by atoms with Gasteiger partial charge in [-0.1, -0.05) is 12.8 Å². The maximum absolute atomic E-state index is 12.9. The van der Waals surface area contributed by atoms with Crippen molar-refractivity contribution in [3.63, 3.8) is 0 Å². The van der Waals surface area contributed by atoms with Gasteiger partial charge in [0.2, 0.25) is 0 Å². The number of hydrogen-bond donors (Lipinski definition) is 1. The predicted molar refractivity (Wildman–Crippen MR) is 101 cm³/mol. The standard InChI is InChI=1S/C20H29N3O3/c1-14-15(2)18(26-3)9-8-17(14)19(24)22-10-12-23(13-11-22)20(25)21-16-6-4-5-7-16/h8-9,16H,4-7,10-13H2,1-3H3,(H,21,25). The van der Waals surface area contributed by atoms with Crippen molar-refractivity contribution < 1.29 is 14.3 Å². The zero-order valence-electron chi connectivity index (χ0n) is 16.0. The van der Waals surface area contributed by atoms with Crippen molar-refractivity contribution in [3.05, 3.63) is 28.8 Å². The third kappa shape index (κ3) is 3.79. The molecule has 0 atom stereocenters. The van der Waals surface area contributed by atoms with E-state index in [0.717, 1.165) is 29.7 Å². The highest BCUT2D eigenvalue weighted by Crippen LogP contribution is 2.25. The number of methoxy groups -OCH3 is 1. The van der Waals surface area contributed by atoms with Gasteiger partial charge in [0, 0.05) is 37.8 Å². The molecule has 1 N–H and O–H groups in total. The van der Waals surface area contributed by atoms with Gasteiger partial charge in [-0.05, 0) is 49.9 Å². The molecule has 1 saturated heterocycles. The smallest absolute Gasteiger partial charge is 0.317 e.